The van der Waals surface area contributed by atoms with Gasteiger partial charge in [0.2, 0.25) is 0 Å². The lowest BCUT2D eigenvalue weighted by molar-refractivity contribution is 0.0533. The average Bonchev–Trinajstić information content (AvgIpc) is 2.67. The molecular weight excluding hydrogens is 325 g/mol. The van der Waals surface area contributed by atoms with Crippen LogP contribution in [0.5, 0.6) is 5.75 Å². The standard InChI is InChI=1S/C18H18FN3O3/c1-25-16-3-2-14(19)12-15(16)18(24)22-10-8-21(9-11-22)17(23)13-4-6-20-7-5-13/h2-7,12H,8-11H2,1H3. The molecule has 2 heterocycles. The molecular formula is C18H18FN3O3. The number of benzene rings is 1. The van der Waals surface area contributed by atoms with Gasteiger partial charge in [0.15, 0.2) is 0 Å². The quantitative estimate of drug-likeness (QED) is 0.853. The molecule has 0 spiro atoms. The van der Waals surface area contributed by atoms with Gasteiger partial charge in [-0.2, -0.15) is 0 Å². The van der Waals surface area contributed by atoms with Crippen molar-refractivity contribution in [1.29, 1.82) is 0 Å². The highest BCUT2D eigenvalue weighted by Gasteiger charge is 2.27. The Hall–Kier alpha value is -2.96. The Kier molecular flexibility index (Phi) is 4.92. The number of carbonyl (C=O) groups excluding carboxylic acids is 2. The highest BCUT2D eigenvalue weighted by atomic mass is 19.1. The average molecular weight is 343 g/mol. The van der Waals surface area contributed by atoms with E-state index >= 15 is 0 Å². The third kappa shape index (κ3) is 3.60. The molecule has 1 aliphatic rings. The molecule has 2 amide bonds. The molecule has 0 radical (unpaired) electrons. The molecule has 0 N–H and O–H groups in total. The number of nitrogens with zero attached hydrogens (tertiary/aromatic N) is 3. The fraction of sp³-hybridized carbons (Fsp3) is 0.278. The normalized spacial score (nSPS) is 14.3. The smallest absolute Gasteiger partial charge is 0.257 e. The van der Waals surface area contributed by atoms with E-state index in [0.717, 1.165) is 0 Å². The summed E-state index contributed by atoms with van der Waals surface area (Å²) in [5.41, 5.74) is 0.762. The molecule has 0 bridgehead atoms. The Bertz CT molecular complexity index is 774. The lowest BCUT2D eigenvalue weighted by Gasteiger charge is -2.35. The molecule has 0 aliphatic carbocycles. The van der Waals surface area contributed by atoms with E-state index in [2.05, 4.69) is 4.98 Å². The molecule has 1 fully saturated rings. The van der Waals surface area contributed by atoms with Gasteiger partial charge in [-0.15, -0.1) is 0 Å². The Morgan fingerprint density at radius 1 is 1.00 bits per heavy atom. The summed E-state index contributed by atoms with van der Waals surface area (Å²) in [6.07, 6.45) is 3.15. The summed E-state index contributed by atoms with van der Waals surface area (Å²) in [6, 6.07) is 7.19. The van der Waals surface area contributed by atoms with Gasteiger partial charge in [0.25, 0.3) is 11.8 Å². The van der Waals surface area contributed by atoms with E-state index in [9.17, 15) is 14.0 Å². The topological polar surface area (TPSA) is 62.7 Å². The van der Waals surface area contributed by atoms with E-state index < -0.39 is 5.82 Å². The van der Waals surface area contributed by atoms with Crippen molar-refractivity contribution in [3.05, 3.63) is 59.7 Å². The summed E-state index contributed by atoms with van der Waals surface area (Å²) in [5.74, 6) is -0.539. The van der Waals surface area contributed by atoms with Crippen molar-refractivity contribution in [1.82, 2.24) is 14.8 Å². The van der Waals surface area contributed by atoms with Gasteiger partial charge in [-0.3, -0.25) is 14.6 Å². The molecule has 1 aliphatic heterocycles. The lowest BCUT2D eigenvalue weighted by Crippen LogP contribution is -2.50. The summed E-state index contributed by atoms with van der Waals surface area (Å²) in [4.78, 5) is 32.3. The van der Waals surface area contributed by atoms with Crippen LogP contribution in [0.15, 0.2) is 42.7 Å². The largest absolute Gasteiger partial charge is 0.496 e. The van der Waals surface area contributed by atoms with Gasteiger partial charge in [0.1, 0.15) is 11.6 Å². The minimum atomic E-state index is -0.490. The third-order valence-corrected chi connectivity index (χ3v) is 4.17. The summed E-state index contributed by atoms with van der Waals surface area (Å²) in [6.45, 7) is 1.61. The fourth-order valence-electron chi connectivity index (χ4n) is 2.81. The zero-order chi connectivity index (χ0) is 17.8. The molecule has 25 heavy (non-hydrogen) atoms. The monoisotopic (exact) mass is 343 g/mol. The zero-order valence-corrected chi connectivity index (χ0v) is 13.8. The molecule has 1 aromatic heterocycles. The predicted octanol–water partition coefficient (Wildman–Crippen LogP) is 1.83. The first kappa shape index (κ1) is 16.9. The number of pyridine rings is 1. The van der Waals surface area contributed by atoms with Gasteiger partial charge in [-0.05, 0) is 30.3 Å². The Morgan fingerprint density at radius 2 is 1.60 bits per heavy atom. The molecule has 0 saturated carbocycles. The first-order chi connectivity index (χ1) is 12.1. The number of hydrogen-bond acceptors (Lipinski definition) is 4. The maximum absolute atomic E-state index is 13.5. The molecule has 0 unspecified atom stereocenters. The van der Waals surface area contributed by atoms with Gasteiger partial charge < -0.3 is 14.5 Å². The Balaban J connectivity index is 1.67. The number of hydrogen-bond donors (Lipinski definition) is 0. The van der Waals surface area contributed by atoms with Crippen molar-refractivity contribution in [3.8, 4) is 5.75 Å². The molecule has 3 rings (SSSR count). The van der Waals surface area contributed by atoms with Crippen LogP contribution in [0.1, 0.15) is 20.7 Å². The molecule has 130 valence electrons. The minimum absolute atomic E-state index is 0.0853. The molecule has 1 aromatic carbocycles. The number of amides is 2. The van der Waals surface area contributed by atoms with Crippen LogP contribution >= 0.6 is 0 Å². The number of piperazine rings is 1. The Labute approximate surface area is 144 Å². The van der Waals surface area contributed by atoms with Crippen molar-refractivity contribution in [2.45, 2.75) is 0 Å². The second kappa shape index (κ2) is 7.29. The number of carbonyl (C=O) groups is 2. The number of methoxy groups -OCH3 is 1. The molecule has 1 saturated heterocycles. The SMILES string of the molecule is COc1ccc(F)cc1C(=O)N1CCN(C(=O)c2ccncc2)CC1. The van der Waals surface area contributed by atoms with Crippen LogP contribution in [-0.2, 0) is 0 Å². The van der Waals surface area contributed by atoms with Crippen molar-refractivity contribution in [2.24, 2.45) is 0 Å². The van der Waals surface area contributed by atoms with E-state index in [1.165, 1.54) is 25.3 Å². The summed E-state index contributed by atoms with van der Waals surface area (Å²) in [7, 11) is 1.44. The molecule has 2 aromatic rings. The van der Waals surface area contributed by atoms with Crippen LogP contribution in [0, 0.1) is 5.82 Å². The first-order valence-corrected chi connectivity index (χ1v) is 7.92. The van der Waals surface area contributed by atoms with E-state index in [-0.39, 0.29) is 17.4 Å². The highest BCUT2D eigenvalue weighted by molar-refractivity contribution is 5.97. The molecule has 7 heteroatoms. The maximum Gasteiger partial charge on any atom is 0.257 e. The van der Waals surface area contributed by atoms with Crippen molar-refractivity contribution in [2.75, 3.05) is 33.3 Å². The number of rotatable bonds is 3. The van der Waals surface area contributed by atoms with Gasteiger partial charge in [0.05, 0.1) is 12.7 Å². The third-order valence-electron chi connectivity index (χ3n) is 4.17. The van der Waals surface area contributed by atoms with E-state index in [4.69, 9.17) is 4.74 Å². The van der Waals surface area contributed by atoms with Crippen LogP contribution < -0.4 is 4.74 Å². The van der Waals surface area contributed by atoms with Gasteiger partial charge in [-0.25, -0.2) is 4.39 Å². The van der Waals surface area contributed by atoms with E-state index in [1.807, 2.05) is 0 Å². The van der Waals surface area contributed by atoms with E-state index in [0.29, 0.717) is 37.5 Å². The van der Waals surface area contributed by atoms with Crippen LogP contribution in [0.3, 0.4) is 0 Å². The predicted molar refractivity (Wildman–Crippen MR) is 89.0 cm³/mol. The summed E-state index contributed by atoms with van der Waals surface area (Å²) >= 11 is 0. The maximum atomic E-state index is 13.5. The zero-order valence-electron chi connectivity index (χ0n) is 13.8. The van der Waals surface area contributed by atoms with E-state index in [1.54, 1.807) is 34.3 Å². The van der Waals surface area contributed by atoms with Crippen molar-refractivity contribution < 1.29 is 18.7 Å². The minimum Gasteiger partial charge on any atom is -0.496 e. The summed E-state index contributed by atoms with van der Waals surface area (Å²) < 4.78 is 18.6. The lowest BCUT2D eigenvalue weighted by atomic mass is 10.1. The number of halogens is 1. The van der Waals surface area contributed by atoms with Crippen LogP contribution in [-0.4, -0.2) is 59.9 Å². The van der Waals surface area contributed by atoms with Gasteiger partial charge >= 0.3 is 0 Å². The fourth-order valence-corrected chi connectivity index (χ4v) is 2.81. The first-order valence-electron chi connectivity index (χ1n) is 7.92. The second-order valence-electron chi connectivity index (χ2n) is 5.66. The molecule has 0 atom stereocenters. The Morgan fingerprint density at radius 3 is 2.20 bits per heavy atom. The van der Waals surface area contributed by atoms with Crippen molar-refractivity contribution >= 4 is 11.8 Å². The second-order valence-corrected chi connectivity index (χ2v) is 5.66. The summed E-state index contributed by atoms with van der Waals surface area (Å²) in [5, 5.41) is 0. The van der Waals surface area contributed by atoms with Gasteiger partial charge in [-0.1, -0.05) is 0 Å². The number of ether oxygens (including phenoxy) is 1. The van der Waals surface area contributed by atoms with Gasteiger partial charge in [0, 0.05) is 44.1 Å². The molecule has 6 nitrogen and oxygen atoms in total. The number of aromatic nitrogens is 1. The van der Waals surface area contributed by atoms with Crippen LogP contribution in [0.4, 0.5) is 4.39 Å². The van der Waals surface area contributed by atoms with Crippen molar-refractivity contribution in [3.63, 3.8) is 0 Å². The highest BCUT2D eigenvalue weighted by Crippen LogP contribution is 2.22. The van der Waals surface area contributed by atoms with Crippen LogP contribution in [0.2, 0.25) is 0 Å². The van der Waals surface area contributed by atoms with Crippen LogP contribution in [0.25, 0.3) is 0 Å².